The van der Waals surface area contributed by atoms with Gasteiger partial charge >= 0.3 is 0 Å². The van der Waals surface area contributed by atoms with Gasteiger partial charge in [0, 0.05) is 30.5 Å². The number of anilines is 1. The highest BCUT2D eigenvalue weighted by Gasteiger charge is 2.25. The first-order valence-electron chi connectivity index (χ1n) is 10.3. The molecule has 0 aliphatic carbocycles. The number of nitrogens with one attached hydrogen (secondary N) is 2. The molecule has 0 spiro atoms. The van der Waals surface area contributed by atoms with E-state index in [0.717, 1.165) is 49.2 Å². The van der Waals surface area contributed by atoms with Gasteiger partial charge in [-0.15, -0.1) is 0 Å². The molecule has 3 rings (SSSR count). The number of hydrogen-bond acceptors (Lipinski definition) is 4. The highest BCUT2D eigenvalue weighted by Crippen LogP contribution is 2.18. The number of benzene rings is 1. The van der Waals surface area contributed by atoms with Gasteiger partial charge in [0.1, 0.15) is 0 Å². The zero-order valence-electron chi connectivity index (χ0n) is 17.3. The predicted octanol–water partition coefficient (Wildman–Crippen LogP) is 2.71. The summed E-state index contributed by atoms with van der Waals surface area (Å²) in [7, 11) is 0. The topological polar surface area (TPSA) is 74.3 Å². The molecule has 1 aromatic heterocycles. The Labute approximate surface area is 172 Å². The fourth-order valence-electron chi connectivity index (χ4n) is 3.83. The first kappa shape index (κ1) is 21.0. The van der Waals surface area contributed by atoms with Crippen LogP contribution < -0.4 is 10.6 Å². The Balaban J connectivity index is 1.37. The summed E-state index contributed by atoms with van der Waals surface area (Å²) in [6.07, 6.45) is 5.92. The van der Waals surface area contributed by atoms with Gasteiger partial charge in [0.05, 0.1) is 6.54 Å². The van der Waals surface area contributed by atoms with E-state index in [0.29, 0.717) is 13.1 Å². The number of aromatic nitrogens is 1. The molecule has 1 aliphatic rings. The first-order chi connectivity index (χ1) is 14.0. The molecule has 1 aliphatic heterocycles. The van der Waals surface area contributed by atoms with Gasteiger partial charge in [0.25, 0.3) is 0 Å². The second-order valence-electron chi connectivity index (χ2n) is 7.87. The van der Waals surface area contributed by atoms with E-state index < -0.39 is 0 Å². The highest BCUT2D eigenvalue weighted by molar-refractivity contribution is 5.92. The minimum absolute atomic E-state index is 0.00440. The van der Waals surface area contributed by atoms with Crippen LogP contribution in [-0.2, 0) is 16.0 Å². The molecule has 2 amide bonds. The Morgan fingerprint density at radius 2 is 1.72 bits per heavy atom. The lowest BCUT2D eigenvalue weighted by Gasteiger charge is -2.30. The summed E-state index contributed by atoms with van der Waals surface area (Å²) < 4.78 is 0. The summed E-state index contributed by atoms with van der Waals surface area (Å²) in [4.78, 5) is 30.9. The molecule has 2 heterocycles. The molecular formula is C23H30N4O2. The van der Waals surface area contributed by atoms with Crippen LogP contribution in [-0.4, -0.2) is 47.9 Å². The minimum atomic E-state index is -0.00440. The average Bonchev–Trinajstić information content (AvgIpc) is 2.68. The zero-order chi connectivity index (χ0) is 20.6. The van der Waals surface area contributed by atoms with Crippen molar-refractivity contribution in [2.75, 3.05) is 31.5 Å². The Kier molecular flexibility index (Phi) is 7.36. The second kappa shape index (κ2) is 10.2. The standard InChI is InChI=1S/C23H30N4O2/c1-17-13-18(2)15-21(14-17)26-22(28)16-27-11-6-20(7-12-27)23(29)25-10-5-19-3-8-24-9-4-19/h3-4,8-9,13-15,20H,5-7,10-12,16H2,1-2H3,(H,25,29)(H,26,28). The van der Waals surface area contributed by atoms with Crippen LogP contribution in [0.4, 0.5) is 5.69 Å². The Morgan fingerprint density at radius 3 is 2.38 bits per heavy atom. The maximum Gasteiger partial charge on any atom is 0.238 e. The number of piperidine rings is 1. The maximum atomic E-state index is 12.4. The van der Waals surface area contributed by atoms with E-state index in [2.05, 4.69) is 26.6 Å². The number of pyridine rings is 1. The molecule has 0 atom stereocenters. The molecule has 154 valence electrons. The first-order valence-corrected chi connectivity index (χ1v) is 10.3. The smallest absolute Gasteiger partial charge is 0.238 e. The Hall–Kier alpha value is -2.73. The van der Waals surface area contributed by atoms with Gasteiger partial charge in [-0.3, -0.25) is 19.5 Å². The average molecular weight is 395 g/mol. The molecule has 2 aromatic rings. The van der Waals surface area contributed by atoms with Crippen LogP contribution >= 0.6 is 0 Å². The normalized spacial score (nSPS) is 15.1. The van der Waals surface area contributed by atoms with Crippen molar-refractivity contribution in [1.82, 2.24) is 15.2 Å². The van der Waals surface area contributed by atoms with Gasteiger partial charge in [-0.2, -0.15) is 0 Å². The van der Waals surface area contributed by atoms with E-state index in [1.807, 2.05) is 38.1 Å². The Bertz CT molecular complexity index is 810. The fraction of sp³-hybridized carbons (Fsp3) is 0.435. The number of rotatable bonds is 7. The third kappa shape index (κ3) is 6.68. The third-order valence-corrected chi connectivity index (χ3v) is 5.29. The molecule has 6 nitrogen and oxygen atoms in total. The maximum absolute atomic E-state index is 12.4. The van der Waals surface area contributed by atoms with E-state index in [9.17, 15) is 9.59 Å². The van der Waals surface area contributed by atoms with Crippen molar-refractivity contribution in [1.29, 1.82) is 0 Å². The van der Waals surface area contributed by atoms with Crippen molar-refractivity contribution >= 4 is 17.5 Å². The van der Waals surface area contributed by atoms with Crippen LogP contribution in [0.2, 0.25) is 0 Å². The monoisotopic (exact) mass is 394 g/mol. The molecule has 0 radical (unpaired) electrons. The molecule has 1 fully saturated rings. The molecule has 1 saturated heterocycles. The van der Waals surface area contributed by atoms with Gasteiger partial charge < -0.3 is 10.6 Å². The number of nitrogens with zero attached hydrogens (tertiary/aromatic N) is 2. The van der Waals surface area contributed by atoms with Gasteiger partial charge in [-0.1, -0.05) is 6.07 Å². The summed E-state index contributed by atoms with van der Waals surface area (Å²) >= 11 is 0. The van der Waals surface area contributed by atoms with Crippen molar-refractivity contribution in [2.24, 2.45) is 5.92 Å². The van der Waals surface area contributed by atoms with Gasteiger partial charge in [0.15, 0.2) is 0 Å². The summed E-state index contributed by atoms with van der Waals surface area (Å²) in [6.45, 7) is 6.58. The number of carbonyl (C=O) groups excluding carboxylic acids is 2. The van der Waals surface area contributed by atoms with Crippen LogP contribution in [0.3, 0.4) is 0 Å². The summed E-state index contributed by atoms with van der Waals surface area (Å²) in [5.74, 6) is 0.153. The van der Waals surface area contributed by atoms with E-state index in [4.69, 9.17) is 0 Å². The number of aryl methyl sites for hydroxylation is 2. The van der Waals surface area contributed by atoms with Crippen LogP contribution in [0.25, 0.3) is 0 Å². The van der Waals surface area contributed by atoms with Crippen molar-refractivity contribution in [3.8, 4) is 0 Å². The number of amides is 2. The summed E-state index contributed by atoms with van der Waals surface area (Å²) in [5, 5.41) is 6.03. The SMILES string of the molecule is Cc1cc(C)cc(NC(=O)CN2CCC(C(=O)NCCc3ccncc3)CC2)c1. The van der Waals surface area contributed by atoms with E-state index in [1.165, 1.54) is 5.56 Å². The third-order valence-electron chi connectivity index (χ3n) is 5.29. The van der Waals surface area contributed by atoms with E-state index in [-0.39, 0.29) is 17.7 Å². The molecule has 0 saturated carbocycles. The van der Waals surface area contributed by atoms with Crippen molar-refractivity contribution in [2.45, 2.75) is 33.1 Å². The van der Waals surface area contributed by atoms with Crippen LogP contribution in [0.5, 0.6) is 0 Å². The lowest BCUT2D eigenvalue weighted by molar-refractivity contribution is -0.126. The molecule has 29 heavy (non-hydrogen) atoms. The quantitative estimate of drug-likeness (QED) is 0.757. The number of hydrogen-bond donors (Lipinski definition) is 2. The summed E-state index contributed by atoms with van der Waals surface area (Å²) in [5.41, 5.74) is 4.29. The number of likely N-dealkylation sites (tertiary alicyclic amines) is 1. The molecule has 6 heteroatoms. The van der Waals surface area contributed by atoms with E-state index in [1.54, 1.807) is 12.4 Å². The highest BCUT2D eigenvalue weighted by atomic mass is 16.2. The molecule has 2 N–H and O–H groups in total. The lowest BCUT2D eigenvalue weighted by Crippen LogP contribution is -2.43. The van der Waals surface area contributed by atoms with Gasteiger partial charge in [-0.25, -0.2) is 0 Å². The Morgan fingerprint density at radius 1 is 1.07 bits per heavy atom. The van der Waals surface area contributed by atoms with Crippen LogP contribution in [0.1, 0.15) is 29.5 Å². The number of carbonyl (C=O) groups is 2. The van der Waals surface area contributed by atoms with Crippen LogP contribution in [0, 0.1) is 19.8 Å². The van der Waals surface area contributed by atoms with E-state index >= 15 is 0 Å². The minimum Gasteiger partial charge on any atom is -0.356 e. The molecular weight excluding hydrogens is 364 g/mol. The predicted molar refractivity (Wildman–Crippen MR) is 115 cm³/mol. The molecule has 0 unspecified atom stereocenters. The summed E-state index contributed by atoms with van der Waals surface area (Å²) in [6, 6.07) is 9.98. The van der Waals surface area contributed by atoms with Crippen LogP contribution in [0.15, 0.2) is 42.7 Å². The fourth-order valence-corrected chi connectivity index (χ4v) is 3.83. The van der Waals surface area contributed by atoms with Gasteiger partial charge in [-0.05, 0) is 87.2 Å². The molecule has 0 bridgehead atoms. The van der Waals surface area contributed by atoms with Crippen molar-refractivity contribution in [3.63, 3.8) is 0 Å². The second-order valence-corrected chi connectivity index (χ2v) is 7.87. The molecule has 1 aromatic carbocycles. The lowest BCUT2D eigenvalue weighted by atomic mass is 9.96. The van der Waals surface area contributed by atoms with Crippen molar-refractivity contribution in [3.05, 3.63) is 59.4 Å². The van der Waals surface area contributed by atoms with Crippen molar-refractivity contribution < 1.29 is 9.59 Å². The largest absolute Gasteiger partial charge is 0.356 e. The zero-order valence-corrected chi connectivity index (χ0v) is 17.3. The van der Waals surface area contributed by atoms with Gasteiger partial charge in [0.2, 0.25) is 11.8 Å².